The van der Waals surface area contributed by atoms with E-state index in [0.29, 0.717) is 41.6 Å². The first kappa shape index (κ1) is 19.7. The number of rotatable bonds is 5. The fourth-order valence-electron chi connectivity index (χ4n) is 3.60. The third-order valence-electron chi connectivity index (χ3n) is 5.14. The summed E-state index contributed by atoms with van der Waals surface area (Å²) < 4.78 is 17.4. The Morgan fingerprint density at radius 3 is 2.53 bits per heavy atom. The van der Waals surface area contributed by atoms with Crippen LogP contribution in [0.3, 0.4) is 0 Å². The van der Waals surface area contributed by atoms with Gasteiger partial charge in [-0.2, -0.15) is 0 Å². The molecule has 1 aliphatic heterocycles. The third kappa shape index (κ3) is 3.32. The first-order valence-corrected chi connectivity index (χ1v) is 9.56. The SMILES string of the molecule is COC(=O)c1ccc(-n2cnc3cc(OC)c(OC)cc32)nc1N1CCCCC1=O. The Balaban J connectivity index is 1.86. The Morgan fingerprint density at radius 1 is 1.07 bits per heavy atom. The molecular weight excluding hydrogens is 388 g/mol. The molecule has 156 valence electrons. The van der Waals surface area contributed by atoms with Crippen molar-refractivity contribution < 1.29 is 23.8 Å². The summed E-state index contributed by atoms with van der Waals surface area (Å²) in [6.45, 7) is 0.509. The number of hydrogen-bond acceptors (Lipinski definition) is 7. The highest BCUT2D eigenvalue weighted by Crippen LogP contribution is 2.33. The van der Waals surface area contributed by atoms with Crippen molar-refractivity contribution >= 4 is 28.7 Å². The van der Waals surface area contributed by atoms with Gasteiger partial charge in [0.25, 0.3) is 0 Å². The number of esters is 1. The molecular formula is C21H22N4O5. The summed E-state index contributed by atoms with van der Waals surface area (Å²) in [6, 6.07) is 6.91. The number of methoxy groups -OCH3 is 3. The molecule has 1 fully saturated rings. The summed E-state index contributed by atoms with van der Waals surface area (Å²) in [5, 5.41) is 0. The largest absolute Gasteiger partial charge is 0.493 e. The number of fused-ring (bicyclic) bond motifs is 1. The maximum absolute atomic E-state index is 12.5. The minimum Gasteiger partial charge on any atom is -0.493 e. The van der Waals surface area contributed by atoms with Crippen molar-refractivity contribution in [2.45, 2.75) is 19.3 Å². The number of imidazole rings is 1. The molecule has 1 aliphatic rings. The van der Waals surface area contributed by atoms with Gasteiger partial charge in [-0.3, -0.25) is 14.3 Å². The molecule has 1 saturated heterocycles. The highest BCUT2D eigenvalue weighted by molar-refractivity contribution is 6.02. The average Bonchev–Trinajstić information content (AvgIpc) is 3.20. The normalized spacial score (nSPS) is 14.1. The number of pyridine rings is 1. The van der Waals surface area contributed by atoms with Crippen molar-refractivity contribution in [3.05, 3.63) is 36.2 Å². The van der Waals surface area contributed by atoms with Gasteiger partial charge in [0.15, 0.2) is 17.3 Å². The van der Waals surface area contributed by atoms with E-state index in [4.69, 9.17) is 14.2 Å². The van der Waals surface area contributed by atoms with Crippen LogP contribution in [-0.2, 0) is 9.53 Å². The summed E-state index contributed by atoms with van der Waals surface area (Å²) in [5.41, 5.74) is 1.70. The standard InChI is InChI=1S/C21H22N4O5/c1-28-16-10-14-15(11-17(16)29-2)25(12-22-14)18-8-7-13(21(27)30-3)20(23-18)24-9-5-4-6-19(24)26/h7-8,10-12H,4-6,9H2,1-3H3. The van der Waals surface area contributed by atoms with E-state index in [1.807, 2.05) is 6.07 Å². The van der Waals surface area contributed by atoms with Gasteiger partial charge in [0.2, 0.25) is 5.91 Å². The number of carbonyl (C=O) groups excluding carboxylic acids is 2. The van der Waals surface area contributed by atoms with Gasteiger partial charge >= 0.3 is 5.97 Å². The molecule has 4 rings (SSSR count). The van der Waals surface area contributed by atoms with Crippen molar-refractivity contribution in [3.8, 4) is 17.3 Å². The average molecular weight is 410 g/mol. The zero-order valence-electron chi connectivity index (χ0n) is 17.0. The van der Waals surface area contributed by atoms with Gasteiger partial charge in [-0.25, -0.2) is 14.8 Å². The molecule has 9 heteroatoms. The number of amides is 1. The van der Waals surface area contributed by atoms with Gasteiger partial charge in [-0.15, -0.1) is 0 Å². The van der Waals surface area contributed by atoms with Crippen molar-refractivity contribution in [1.82, 2.24) is 14.5 Å². The van der Waals surface area contributed by atoms with Crippen LogP contribution in [0.5, 0.6) is 11.5 Å². The number of carbonyl (C=O) groups is 2. The maximum atomic E-state index is 12.5. The third-order valence-corrected chi connectivity index (χ3v) is 5.14. The molecule has 0 atom stereocenters. The molecule has 2 aromatic heterocycles. The second-order valence-corrected chi connectivity index (χ2v) is 6.85. The zero-order valence-corrected chi connectivity index (χ0v) is 17.0. The molecule has 0 aliphatic carbocycles. The number of nitrogens with zero attached hydrogens (tertiary/aromatic N) is 4. The molecule has 0 saturated carbocycles. The first-order chi connectivity index (χ1) is 14.6. The molecule has 1 amide bonds. The lowest BCUT2D eigenvalue weighted by molar-refractivity contribution is -0.119. The van der Waals surface area contributed by atoms with Gasteiger partial charge in [0.1, 0.15) is 17.7 Å². The lowest BCUT2D eigenvalue weighted by Gasteiger charge is -2.27. The number of ether oxygens (including phenoxy) is 3. The van der Waals surface area contributed by atoms with Crippen LogP contribution >= 0.6 is 0 Å². The Kier molecular flexibility index (Phi) is 5.26. The Hall–Kier alpha value is -3.62. The Labute approximate surface area is 173 Å². The van der Waals surface area contributed by atoms with Gasteiger partial charge in [0, 0.05) is 25.1 Å². The van der Waals surface area contributed by atoms with Gasteiger partial charge in [-0.05, 0) is 25.0 Å². The van der Waals surface area contributed by atoms with E-state index in [2.05, 4.69) is 9.97 Å². The lowest BCUT2D eigenvalue weighted by Crippen LogP contribution is -2.37. The number of anilines is 1. The highest BCUT2D eigenvalue weighted by atomic mass is 16.5. The van der Waals surface area contributed by atoms with E-state index in [1.54, 1.807) is 48.2 Å². The van der Waals surface area contributed by atoms with Crippen LogP contribution in [0.4, 0.5) is 5.82 Å². The van der Waals surface area contributed by atoms with Crippen molar-refractivity contribution in [2.24, 2.45) is 0 Å². The summed E-state index contributed by atoms with van der Waals surface area (Å²) in [6.07, 6.45) is 3.74. The summed E-state index contributed by atoms with van der Waals surface area (Å²) in [7, 11) is 4.44. The van der Waals surface area contributed by atoms with E-state index in [1.165, 1.54) is 7.11 Å². The topological polar surface area (TPSA) is 95.8 Å². The molecule has 0 bridgehead atoms. The number of aromatic nitrogens is 3. The predicted octanol–water partition coefficient (Wildman–Crippen LogP) is 2.74. The minimum absolute atomic E-state index is 0.0575. The second-order valence-electron chi connectivity index (χ2n) is 6.85. The Bertz CT molecular complexity index is 1120. The zero-order chi connectivity index (χ0) is 21.3. The van der Waals surface area contributed by atoms with Crippen molar-refractivity contribution in [2.75, 3.05) is 32.8 Å². The quantitative estimate of drug-likeness (QED) is 0.597. The van der Waals surface area contributed by atoms with E-state index >= 15 is 0 Å². The summed E-state index contributed by atoms with van der Waals surface area (Å²) >= 11 is 0. The maximum Gasteiger partial charge on any atom is 0.341 e. The molecule has 9 nitrogen and oxygen atoms in total. The van der Waals surface area contributed by atoms with Crippen LogP contribution in [0.1, 0.15) is 29.6 Å². The number of hydrogen-bond donors (Lipinski definition) is 0. The predicted molar refractivity (Wildman–Crippen MR) is 110 cm³/mol. The van der Waals surface area contributed by atoms with Crippen molar-refractivity contribution in [1.29, 1.82) is 0 Å². The van der Waals surface area contributed by atoms with Crippen LogP contribution < -0.4 is 14.4 Å². The highest BCUT2D eigenvalue weighted by Gasteiger charge is 2.27. The van der Waals surface area contributed by atoms with Crippen LogP contribution in [0.2, 0.25) is 0 Å². The van der Waals surface area contributed by atoms with Crippen LogP contribution in [-0.4, -0.2) is 54.3 Å². The molecule has 3 aromatic rings. The monoisotopic (exact) mass is 410 g/mol. The molecule has 0 unspecified atom stereocenters. The summed E-state index contributed by atoms with van der Waals surface area (Å²) in [5.74, 6) is 1.35. The fraction of sp³-hybridized carbons (Fsp3) is 0.333. The minimum atomic E-state index is -0.538. The van der Waals surface area contributed by atoms with Crippen LogP contribution in [0, 0.1) is 0 Å². The van der Waals surface area contributed by atoms with E-state index < -0.39 is 5.97 Å². The molecule has 3 heterocycles. The van der Waals surface area contributed by atoms with Gasteiger partial charge in [0.05, 0.1) is 32.4 Å². The molecule has 0 N–H and O–H groups in total. The molecule has 0 radical (unpaired) electrons. The number of benzene rings is 1. The number of piperidine rings is 1. The molecule has 30 heavy (non-hydrogen) atoms. The van der Waals surface area contributed by atoms with E-state index in [9.17, 15) is 9.59 Å². The smallest absolute Gasteiger partial charge is 0.341 e. The lowest BCUT2D eigenvalue weighted by atomic mass is 10.1. The second kappa shape index (κ2) is 8.02. The van der Waals surface area contributed by atoms with Crippen LogP contribution in [0.15, 0.2) is 30.6 Å². The van der Waals surface area contributed by atoms with Crippen LogP contribution in [0.25, 0.3) is 16.9 Å². The molecule has 1 aromatic carbocycles. The fourth-order valence-corrected chi connectivity index (χ4v) is 3.60. The molecule has 0 spiro atoms. The van der Waals surface area contributed by atoms with Gasteiger partial charge in [-0.1, -0.05) is 0 Å². The van der Waals surface area contributed by atoms with Crippen molar-refractivity contribution in [3.63, 3.8) is 0 Å². The van der Waals surface area contributed by atoms with Gasteiger partial charge < -0.3 is 14.2 Å². The first-order valence-electron chi connectivity index (χ1n) is 9.56. The van der Waals surface area contributed by atoms with E-state index in [-0.39, 0.29) is 11.5 Å². The van der Waals surface area contributed by atoms with E-state index in [0.717, 1.165) is 18.4 Å². The summed E-state index contributed by atoms with van der Waals surface area (Å²) in [4.78, 5) is 35.4. The Morgan fingerprint density at radius 2 is 1.83 bits per heavy atom.